The van der Waals surface area contributed by atoms with Crippen LogP contribution in [0.15, 0.2) is 47.7 Å². The molecule has 3 atom stereocenters. The van der Waals surface area contributed by atoms with E-state index in [1.54, 1.807) is 6.20 Å². The first-order valence-electron chi connectivity index (χ1n) is 9.62. The van der Waals surface area contributed by atoms with Crippen molar-refractivity contribution in [3.05, 3.63) is 53.3 Å². The molecule has 146 valence electrons. The van der Waals surface area contributed by atoms with E-state index < -0.39 is 0 Å². The Balaban J connectivity index is 1.71. The van der Waals surface area contributed by atoms with Gasteiger partial charge in [-0.2, -0.15) is 5.10 Å². The van der Waals surface area contributed by atoms with E-state index in [4.69, 9.17) is 16.6 Å². The minimum Gasteiger partial charge on any atom is -0.393 e. The van der Waals surface area contributed by atoms with Crippen molar-refractivity contribution in [1.29, 1.82) is 0 Å². The zero-order valence-corrected chi connectivity index (χ0v) is 16.4. The van der Waals surface area contributed by atoms with Gasteiger partial charge in [0.2, 0.25) is 0 Å². The van der Waals surface area contributed by atoms with Gasteiger partial charge in [-0.3, -0.25) is 9.67 Å². The van der Waals surface area contributed by atoms with Gasteiger partial charge in [-0.15, -0.1) is 0 Å². The van der Waals surface area contributed by atoms with Crippen molar-refractivity contribution in [1.82, 2.24) is 20.4 Å². The summed E-state index contributed by atoms with van der Waals surface area (Å²) in [5, 5.41) is 21.8. The predicted octanol–water partition coefficient (Wildman–Crippen LogP) is 2.84. The maximum absolute atomic E-state index is 10.0. The first-order chi connectivity index (χ1) is 13.2. The van der Waals surface area contributed by atoms with E-state index in [1.807, 2.05) is 48.1 Å². The summed E-state index contributed by atoms with van der Waals surface area (Å²) < 4.78 is 1.91. The number of hydrogen-bond donors (Lipinski definition) is 3. The van der Waals surface area contributed by atoms with Crippen molar-refractivity contribution in [3.63, 3.8) is 0 Å². The molecule has 0 aliphatic heterocycles. The molecule has 1 saturated carbocycles. The van der Waals surface area contributed by atoms with E-state index in [0.717, 1.165) is 43.9 Å². The van der Waals surface area contributed by atoms with Crippen molar-refractivity contribution < 1.29 is 5.11 Å². The molecule has 0 amide bonds. The second kappa shape index (κ2) is 9.76. The normalized spacial score (nSPS) is 21.2. The highest BCUT2D eigenvalue weighted by Crippen LogP contribution is 2.24. The summed E-state index contributed by atoms with van der Waals surface area (Å²) in [6.07, 6.45) is 6.58. The Labute approximate surface area is 165 Å². The van der Waals surface area contributed by atoms with Crippen LogP contribution in [0, 0.1) is 5.92 Å². The Hall–Kier alpha value is -2.05. The van der Waals surface area contributed by atoms with E-state index in [-0.39, 0.29) is 12.1 Å². The van der Waals surface area contributed by atoms with E-state index >= 15 is 0 Å². The molecular weight excluding hydrogens is 362 g/mol. The summed E-state index contributed by atoms with van der Waals surface area (Å²) in [5.74, 6) is 1.06. The molecule has 3 rings (SSSR count). The third kappa shape index (κ3) is 5.47. The molecule has 3 N–H and O–H groups in total. The standard InChI is InChI=1S/C20H28ClN5O/c1-2-22-20(23-13-16-5-3-6-19(16)27)24-14-18(26-12-4-11-25-26)15-7-9-17(21)10-8-15/h4,7-12,16,18-19,27H,2-3,5-6,13-14H2,1H3,(H2,22,23,24). The number of aliphatic hydroxyl groups is 1. The largest absolute Gasteiger partial charge is 0.393 e. The van der Waals surface area contributed by atoms with Gasteiger partial charge in [0.05, 0.1) is 18.7 Å². The molecular formula is C20H28ClN5O. The number of halogens is 1. The van der Waals surface area contributed by atoms with Crippen LogP contribution in [-0.2, 0) is 0 Å². The van der Waals surface area contributed by atoms with Gasteiger partial charge < -0.3 is 15.7 Å². The first-order valence-corrected chi connectivity index (χ1v) is 10.00. The zero-order valence-electron chi connectivity index (χ0n) is 15.7. The second-order valence-electron chi connectivity index (χ2n) is 6.91. The van der Waals surface area contributed by atoms with Gasteiger partial charge in [0.1, 0.15) is 0 Å². The highest BCUT2D eigenvalue weighted by molar-refractivity contribution is 6.30. The number of rotatable bonds is 7. The molecule has 1 aromatic heterocycles. The third-order valence-corrected chi connectivity index (χ3v) is 5.27. The summed E-state index contributed by atoms with van der Waals surface area (Å²) in [6, 6.07) is 9.71. The van der Waals surface area contributed by atoms with Crippen molar-refractivity contribution in [2.24, 2.45) is 10.9 Å². The number of aliphatic hydroxyl groups excluding tert-OH is 1. The van der Waals surface area contributed by atoms with Crippen molar-refractivity contribution >= 4 is 17.6 Å². The molecule has 0 saturated heterocycles. The van der Waals surface area contributed by atoms with E-state index in [1.165, 1.54) is 0 Å². The lowest BCUT2D eigenvalue weighted by atomic mass is 10.1. The molecule has 1 aliphatic rings. The topological polar surface area (TPSA) is 74.5 Å². The quantitative estimate of drug-likeness (QED) is 0.503. The van der Waals surface area contributed by atoms with Crippen LogP contribution >= 0.6 is 11.6 Å². The minimum absolute atomic E-state index is 0.00945. The number of nitrogens with zero attached hydrogens (tertiary/aromatic N) is 3. The van der Waals surface area contributed by atoms with Crippen LogP contribution in [0.3, 0.4) is 0 Å². The Bertz CT molecular complexity index is 716. The van der Waals surface area contributed by atoms with Crippen LogP contribution in [0.2, 0.25) is 5.02 Å². The molecule has 1 aromatic carbocycles. The Morgan fingerprint density at radius 3 is 2.78 bits per heavy atom. The van der Waals surface area contributed by atoms with Gasteiger partial charge in [-0.05, 0) is 43.5 Å². The minimum atomic E-state index is -0.203. The summed E-state index contributed by atoms with van der Waals surface area (Å²) in [7, 11) is 0. The average molecular weight is 390 g/mol. The smallest absolute Gasteiger partial charge is 0.191 e. The molecule has 3 unspecified atom stereocenters. The van der Waals surface area contributed by atoms with Gasteiger partial charge in [0.15, 0.2) is 5.96 Å². The molecule has 1 heterocycles. The Morgan fingerprint density at radius 1 is 1.33 bits per heavy atom. The lowest BCUT2D eigenvalue weighted by Gasteiger charge is -2.20. The molecule has 0 radical (unpaired) electrons. The van der Waals surface area contributed by atoms with Crippen LogP contribution in [0.4, 0.5) is 0 Å². The van der Waals surface area contributed by atoms with Crippen LogP contribution in [0.25, 0.3) is 0 Å². The number of hydrogen-bond acceptors (Lipinski definition) is 3. The van der Waals surface area contributed by atoms with Gasteiger partial charge in [-0.25, -0.2) is 0 Å². The third-order valence-electron chi connectivity index (χ3n) is 5.02. The van der Waals surface area contributed by atoms with Crippen LogP contribution in [0.5, 0.6) is 0 Å². The van der Waals surface area contributed by atoms with Crippen molar-refractivity contribution in [3.8, 4) is 0 Å². The lowest BCUT2D eigenvalue weighted by molar-refractivity contribution is 0.134. The summed E-state index contributed by atoms with van der Waals surface area (Å²) in [6.45, 7) is 4.12. The van der Waals surface area contributed by atoms with E-state index in [9.17, 15) is 5.11 Å². The van der Waals surface area contributed by atoms with Crippen LogP contribution < -0.4 is 10.6 Å². The molecule has 27 heavy (non-hydrogen) atoms. The molecule has 1 aliphatic carbocycles. The average Bonchev–Trinajstić information content (AvgIpc) is 3.33. The SMILES string of the molecule is CCNC(=NCC(c1ccc(Cl)cc1)n1cccn1)NCC1CCCC1O. The summed E-state index contributed by atoms with van der Waals surface area (Å²) in [5.41, 5.74) is 1.11. The van der Waals surface area contributed by atoms with Crippen LogP contribution in [0.1, 0.15) is 37.8 Å². The van der Waals surface area contributed by atoms with Gasteiger partial charge in [0, 0.05) is 36.4 Å². The maximum Gasteiger partial charge on any atom is 0.191 e. The molecule has 6 nitrogen and oxygen atoms in total. The Morgan fingerprint density at radius 2 is 2.15 bits per heavy atom. The molecule has 7 heteroatoms. The van der Waals surface area contributed by atoms with Crippen LogP contribution in [-0.4, -0.2) is 46.6 Å². The van der Waals surface area contributed by atoms with Gasteiger partial charge in [0.25, 0.3) is 0 Å². The highest BCUT2D eigenvalue weighted by Gasteiger charge is 2.25. The Kier molecular flexibility index (Phi) is 7.12. The monoisotopic (exact) mass is 389 g/mol. The number of benzene rings is 1. The second-order valence-corrected chi connectivity index (χ2v) is 7.35. The number of aliphatic imine (C=N–C) groups is 1. The van der Waals surface area contributed by atoms with Gasteiger partial charge in [-0.1, -0.05) is 30.2 Å². The molecule has 1 fully saturated rings. The molecule has 0 bridgehead atoms. The fourth-order valence-electron chi connectivity index (χ4n) is 3.49. The zero-order chi connectivity index (χ0) is 19.1. The summed E-state index contributed by atoms with van der Waals surface area (Å²) >= 11 is 6.03. The predicted molar refractivity (Wildman–Crippen MR) is 109 cm³/mol. The maximum atomic E-state index is 10.0. The van der Waals surface area contributed by atoms with Crippen molar-refractivity contribution in [2.75, 3.05) is 19.6 Å². The number of guanidine groups is 1. The number of nitrogens with one attached hydrogen (secondary N) is 2. The van der Waals surface area contributed by atoms with Gasteiger partial charge >= 0.3 is 0 Å². The van der Waals surface area contributed by atoms with Crippen molar-refractivity contribution in [2.45, 2.75) is 38.3 Å². The fraction of sp³-hybridized carbons (Fsp3) is 0.500. The van der Waals surface area contributed by atoms with E-state index in [0.29, 0.717) is 17.5 Å². The molecule has 0 spiro atoms. The molecule has 2 aromatic rings. The highest BCUT2D eigenvalue weighted by atomic mass is 35.5. The van der Waals surface area contributed by atoms with E-state index in [2.05, 4.69) is 15.7 Å². The summed E-state index contributed by atoms with van der Waals surface area (Å²) in [4.78, 5) is 4.77. The fourth-order valence-corrected chi connectivity index (χ4v) is 3.62. The number of aromatic nitrogens is 2. The lowest BCUT2D eigenvalue weighted by Crippen LogP contribution is -2.41. The first kappa shape index (κ1) is 19.7.